The summed E-state index contributed by atoms with van der Waals surface area (Å²) in [6.45, 7) is 5.08. The Kier molecular flexibility index (Phi) is 6.01. The van der Waals surface area contributed by atoms with E-state index in [1.807, 2.05) is 6.07 Å². The molecule has 2 unspecified atom stereocenters. The Morgan fingerprint density at radius 1 is 1.36 bits per heavy atom. The lowest BCUT2D eigenvalue weighted by Crippen LogP contribution is -2.45. The summed E-state index contributed by atoms with van der Waals surface area (Å²) in [5.74, 6) is 0.514. The van der Waals surface area contributed by atoms with E-state index >= 15 is 0 Å². The Hall–Kier alpha value is -1.35. The van der Waals surface area contributed by atoms with Crippen LogP contribution in [0.5, 0.6) is 0 Å². The fraction of sp³-hybridized carbons (Fsp3) is 0.632. The van der Waals surface area contributed by atoms with Crippen LogP contribution < -0.4 is 5.32 Å². The van der Waals surface area contributed by atoms with Crippen LogP contribution in [-0.4, -0.2) is 24.2 Å². The predicted molar refractivity (Wildman–Crippen MR) is 89.8 cm³/mol. The van der Waals surface area contributed by atoms with Crippen LogP contribution in [-0.2, 0) is 16.6 Å². The number of aliphatic hydroxyl groups excluding tert-OH is 1. The van der Waals surface area contributed by atoms with E-state index in [4.69, 9.17) is 5.11 Å². The first kappa shape index (κ1) is 17.0. The Labute approximate surface area is 134 Å². The van der Waals surface area contributed by atoms with Gasteiger partial charge in [-0.3, -0.25) is 4.79 Å². The van der Waals surface area contributed by atoms with Gasteiger partial charge in [0.15, 0.2) is 0 Å². The second-order valence-corrected chi connectivity index (χ2v) is 6.72. The topological polar surface area (TPSA) is 49.3 Å². The van der Waals surface area contributed by atoms with Crippen molar-refractivity contribution in [3.63, 3.8) is 0 Å². The minimum Gasteiger partial charge on any atom is -0.396 e. The van der Waals surface area contributed by atoms with Gasteiger partial charge in [0.25, 0.3) is 0 Å². The zero-order valence-corrected chi connectivity index (χ0v) is 13.9. The van der Waals surface area contributed by atoms with E-state index in [9.17, 15) is 4.79 Å². The molecule has 1 aromatic carbocycles. The van der Waals surface area contributed by atoms with Crippen LogP contribution in [0.4, 0.5) is 0 Å². The molecule has 0 saturated carbocycles. The average molecular weight is 303 g/mol. The number of rotatable bonds is 7. The zero-order valence-electron chi connectivity index (χ0n) is 13.9. The molecule has 22 heavy (non-hydrogen) atoms. The quantitative estimate of drug-likeness (QED) is 0.812. The van der Waals surface area contributed by atoms with Crippen molar-refractivity contribution < 1.29 is 9.90 Å². The van der Waals surface area contributed by atoms with Gasteiger partial charge in [0, 0.05) is 13.2 Å². The summed E-state index contributed by atoms with van der Waals surface area (Å²) in [6, 6.07) is 8.33. The lowest BCUT2D eigenvalue weighted by molar-refractivity contribution is -0.127. The molecule has 0 bridgehead atoms. The fourth-order valence-electron chi connectivity index (χ4n) is 3.65. The van der Waals surface area contributed by atoms with E-state index in [2.05, 4.69) is 37.4 Å². The summed E-state index contributed by atoms with van der Waals surface area (Å²) in [6.07, 6.45) is 5.95. The average Bonchev–Trinajstić information content (AvgIpc) is 2.53. The highest BCUT2D eigenvalue weighted by Crippen LogP contribution is 2.37. The molecule has 1 aliphatic rings. The standard InChI is InChI=1S/C19H29NO2/c1-3-7-15(11-13-21)14-20-18(22)19(2)12-6-9-16-8-4-5-10-17(16)19/h4-5,8,10,15,21H,3,6-7,9,11-14H2,1-2H3,(H,20,22). The van der Waals surface area contributed by atoms with Gasteiger partial charge in [0.05, 0.1) is 5.41 Å². The first-order chi connectivity index (χ1) is 10.6. The fourth-order valence-corrected chi connectivity index (χ4v) is 3.65. The number of hydrogen-bond donors (Lipinski definition) is 2. The van der Waals surface area contributed by atoms with Gasteiger partial charge in [-0.1, -0.05) is 37.6 Å². The van der Waals surface area contributed by atoms with Crippen molar-refractivity contribution in [2.75, 3.05) is 13.2 Å². The number of fused-ring (bicyclic) bond motifs is 1. The van der Waals surface area contributed by atoms with Gasteiger partial charge in [-0.15, -0.1) is 0 Å². The molecule has 122 valence electrons. The van der Waals surface area contributed by atoms with Crippen molar-refractivity contribution in [1.82, 2.24) is 5.32 Å². The van der Waals surface area contributed by atoms with E-state index in [0.29, 0.717) is 12.5 Å². The van der Waals surface area contributed by atoms with Crippen LogP contribution in [0.1, 0.15) is 57.1 Å². The van der Waals surface area contributed by atoms with Crippen LogP contribution in [0.25, 0.3) is 0 Å². The lowest BCUT2D eigenvalue weighted by atomic mass is 9.70. The molecule has 1 aliphatic carbocycles. The van der Waals surface area contributed by atoms with Crippen LogP contribution in [0.15, 0.2) is 24.3 Å². The molecule has 0 aromatic heterocycles. The summed E-state index contributed by atoms with van der Waals surface area (Å²) in [5, 5.41) is 12.3. The highest BCUT2D eigenvalue weighted by Gasteiger charge is 2.38. The second kappa shape index (κ2) is 7.77. The van der Waals surface area contributed by atoms with Crippen LogP contribution >= 0.6 is 0 Å². The van der Waals surface area contributed by atoms with Crippen molar-refractivity contribution in [2.24, 2.45) is 5.92 Å². The van der Waals surface area contributed by atoms with Gasteiger partial charge in [-0.2, -0.15) is 0 Å². The predicted octanol–water partition coefficient (Wildman–Crippen LogP) is 3.20. The third-order valence-corrected chi connectivity index (χ3v) is 5.02. The molecular weight excluding hydrogens is 274 g/mol. The molecule has 0 fully saturated rings. The largest absolute Gasteiger partial charge is 0.396 e. The Morgan fingerprint density at radius 2 is 2.14 bits per heavy atom. The molecule has 0 saturated heterocycles. The first-order valence-corrected chi connectivity index (χ1v) is 8.59. The van der Waals surface area contributed by atoms with Crippen LogP contribution in [0.3, 0.4) is 0 Å². The summed E-state index contributed by atoms with van der Waals surface area (Å²) in [4.78, 5) is 12.8. The maximum Gasteiger partial charge on any atom is 0.230 e. The SMILES string of the molecule is CCCC(CCO)CNC(=O)C1(C)CCCc2ccccc21. The van der Waals surface area contributed by atoms with Crippen molar-refractivity contribution in [1.29, 1.82) is 0 Å². The molecule has 1 amide bonds. The first-order valence-electron chi connectivity index (χ1n) is 8.59. The monoisotopic (exact) mass is 303 g/mol. The van der Waals surface area contributed by atoms with E-state index in [0.717, 1.165) is 38.5 Å². The molecule has 2 atom stereocenters. The lowest BCUT2D eigenvalue weighted by Gasteiger charge is -2.35. The van der Waals surface area contributed by atoms with E-state index in [-0.39, 0.29) is 12.5 Å². The van der Waals surface area contributed by atoms with Gasteiger partial charge >= 0.3 is 0 Å². The Morgan fingerprint density at radius 3 is 2.86 bits per heavy atom. The number of amides is 1. The maximum absolute atomic E-state index is 12.8. The summed E-state index contributed by atoms with van der Waals surface area (Å²) < 4.78 is 0. The van der Waals surface area contributed by atoms with Gasteiger partial charge in [0.2, 0.25) is 5.91 Å². The summed E-state index contributed by atoms with van der Waals surface area (Å²) >= 11 is 0. The summed E-state index contributed by atoms with van der Waals surface area (Å²) in [7, 11) is 0. The third-order valence-electron chi connectivity index (χ3n) is 5.02. The molecule has 1 aromatic rings. The van der Waals surface area contributed by atoms with E-state index in [1.54, 1.807) is 0 Å². The molecule has 2 rings (SSSR count). The van der Waals surface area contributed by atoms with Crippen molar-refractivity contribution in [3.8, 4) is 0 Å². The highest BCUT2D eigenvalue weighted by molar-refractivity contribution is 5.88. The van der Waals surface area contributed by atoms with E-state index < -0.39 is 5.41 Å². The zero-order chi connectivity index (χ0) is 16.0. The molecule has 0 heterocycles. The van der Waals surface area contributed by atoms with Gasteiger partial charge in [-0.25, -0.2) is 0 Å². The highest BCUT2D eigenvalue weighted by atomic mass is 16.3. The van der Waals surface area contributed by atoms with Crippen LogP contribution in [0.2, 0.25) is 0 Å². The number of carbonyl (C=O) groups excluding carboxylic acids is 1. The minimum atomic E-state index is -0.412. The normalized spacial score (nSPS) is 22.0. The Bertz CT molecular complexity index is 494. The molecule has 0 radical (unpaired) electrons. The number of aryl methyl sites for hydroxylation is 1. The third kappa shape index (κ3) is 3.70. The molecule has 0 aliphatic heterocycles. The summed E-state index contributed by atoms with van der Waals surface area (Å²) in [5.41, 5.74) is 2.09. The number of aliphatic hydroxyl groups is 1. The van der Waals surface area contributed by atoms with Crippen molar-refractivity contribution in [2.45, 2.75) is 57.8 Å². The maximum atomic E-state index is 12.8. The van der Waals surface area contributed by atoms with Gasteiger partial charge in [-0.05, 0) is 56.1 Å². The van der Waals surface area contributed by atoms with Gasteiger partial charge < -0.3 is 10.4 Å². The van der Waals surface area contributed by atoms with E-state index in [1.165, 1.54) is 11.1 Å². The smallest absolute Gasteiger partial charge is 0.230 e. The van der Waals surface area contributed by atoms with Crippen molar-refractivity contribution in [3.05, 3.63) is 35.4 Å². The molecule has 2 N–H and O–H groups in total. The molecule has 0 spiro atoms. The number of nitrogens with one attached hydrogen (secondary N) is 1. The number of carbonyl (C=O) groups is 1. The second-order valence-electron chi connectivity index (χ2n) is 6.72. The number of hydrogen-bond acceptors (Lipinski definition) is 2. The molecule has 3 nitrogen and oxygen atoms in total. The molecular formula is C19H29NO2. The van der Waals surface area contributed by atoms with Crippen molar-refractivity contribution >= 4 is 5.91 Å². The molecule has 3 heteroatoms. The van der Waals surface area contributed by atoms with Crippen LogP contribution in [0, 0.1) is 5.92 Å². The Balaban J connectivity index is 2.06. The van der Waals surface area contributed by atoms with Gasteiger partial charge in [0.1, 0.15) is 0 Å². The minimum absolute atomic E-state index is 0.138. The number of benzene rings is 1.